The highest BCUT2D eigenvalue weighted by Crippen LogP contribution is 2.70. The number of carbonyl (C=O) groups excluding carboxylic acids is 1. The highest BCUT2D eigenvalue weighted by molar-refractivity contribution is 6.00. The van der Waals surface area contributed by atoms with Crippen LogP contribution in [0, 0.1) is 30.6 Å². The summed E-state index contributed by atoms with van der Waals surface area (Å²) in [7, 11) is 0. The molecule has 4 fully saturated rings. The summed E-state index contributed by atoms with van der Waals surface area (Å²) >= 11 is 0. The van der Waals surface area contributed by atoms with Crippen LogP contribution in [-0.4, -0.2) is 29.8 Å². The van der Waals surface area contributed by atoms with Gasteiger partial charge >= 0.3 is 0 Å². The number of ether oxygens (including phenoxy) is 2. The molecule has 2 aromatic carbocycles. The maximum Gasteiger partial charge on any atom is 0.233 e. The highest BCUT2D eigenvalue weighted by atomic mass is 16.6. The predicted molar refractivity (Wildman–Crippen MR) is 107 cm³/mol. The Morgan fingerprint density at radius 2 is 1.86 bits per heavy atom. The third-order valence-electron chi connectivity index (χ3n) is 7.53. The van der Waals surface area contributed by atoms with Gasteiger partial charge < -0.3 is 14.6 Å². The lowest BCUT2D eigenvalue weighted by Crippen LogP contribution is -2.49. The van der Waals surface area contributed by atoms with E-state index in [4.69, 9.17) is 9.47 Å². The standard InChI is InChI=1S/C24H25NO4/c1-3-28-16-10-8-15(9-11-16)25-23(27)19-17-12-18-20(19)24(25,29-22(18)21(17)26)14-6-4-13(2)5-7-14/h4-11,17-22,26H,3,12H2,1-2H3. The van der Waals surface area contributed by atoms with Gasteiger partial charge in [0.1, 0.15) is 5.75 Å². The smallest absolute Gasteiger partial charge is 0.233 e. The number of rotatable bonds is 4. The summed E-state index contributed by atoms with van der Waals surface area (Å²) in [5.41, 5.74) is 2.15. The highest BCUT2D eigenvalue weighted by Gasteiger charge is 2.79. The first-order valence-electron chi connectivity index (χ1n) is 10.6. The summed E-state index contributed by atoms with van der Waals surface area (Å²) < 4.78 is 12.3. The lowest BCUT2D eigenvalue weighted by molar-refractivity contribution is -0.133. The lowest BCUT2D eigenvalue weighted by Gasteiger charge is -2.39. The van der Waals surface area contributed by atoms with Crippen LogP contribution < -0.4 is 9.64 Å². The van der Waals surface area contributed by atoms with E-state index >= 15 is 0 Å². The Kier molecular flexibility index (Phi) is 3.52. The van der Waals surface area contributed by atoms with Crippen molar-refractivity contribution in [2.45, 2.75) is 38.2 Å². The second-order valence-corrected chi connectivity index (χ2v) is 8.85. The molecule has 29 heavy (non-hydrogen) atoms. The van der Waals surface area contributed by atoms with Crippen molar-refractivity contribution in [2.24, 2.45) is 23.7 Å². The summed E-state index contributed by atoms with van der Waals surface area (Å²) in [5, 5.41) is 10.8. The summed E-state index contributed by atoms with van der Waals surface area (Å²) in [4.78, 5) is 15.6. The van der Waals surface area contributed by atoms with E-state index < -0.39 is 11.8 Å². The van der Waals surface area contributed by atoms with Crippen molar-refractivity contribution in [1.29, 1.82) is 0 Å². The molecule has 2 bridgehead atoms. The van der Waals surface area contributed by atoms with Crippen molar-refractivity contribution in [3.63, 3.8) is 0 Å². The summed E-state index contributed by atoms with van der Waals surface area (Å²) in [6.07, 6.45) is 0.151. The molecule has 2 aliphatic carbocycles. The number of aliphatic hydroxyl groups excluding tert-OH is 1. The van der Waals surface area contributed by atoms with Gasteiger partial charge in [0, 0.05) is 17.2 Å². The molecule has 1 N–H and O–H groups in total. The van der Waals surface area contributed by atoms with E-state index in [1.54, 1.807) is 0 Å². The van der Waals surface area contributed by atoms with Crippen LogP contribution in [0.25, 0.3) is 0 Å². The first-order valence-corrected chi connectivity index (χ1v) is 10.6. The van der Waals surface area contributed by atoms with Crippen molar-refractivity contribution in [2.75, 3.05) is 11.5 Å². The molecule has 2 aliphatic heterocycles. The van der Waals surface area contributed by atoms with E-state index in [1.807, 2.05) is 36.1 Å². The van der Waals surface area contributed by atoms with Gasteiger partial charge in [-0.1, -0.05) is 29.8 Å². The average Bonchev–Trinajstić information content (AvgIpc) is 3.39. The van der Waals surface area contributed by atoms with Crippen LogP contribution in [0.15, 0.2) is 48.5 Å². The number of benzene rings is 2. The van der Waals surface area contributed by atoms with Gasteiger partial charge in [0.2, 0.25) is 5.91 Å². The summed E-state index contributed by atoms with van der Waals surface area (Å²) in [6.45, 7) is 4.61. The molecule has 0 spiro atoms. The van der Waals surface area contributed by atoms with E-state index in [-0.39, 0.29) is 35.7 Å². The van der Waals surface area contributed by atoms with Gasteiger partial charge in [-0.3, -0.25) is 9.69 Å². The molecule has 7 atom stereocenters. The Hall–Kier alpha value is -2.37. The minimum absolute atomic E-state index is 0.00233. The van der Waals surface area contributed by atoms with Crippen molar-refractivity contribution in [1.82, 2.24) is 0 Å². The zero-order chi connectivity index (χ0) is 19.9. The van der Waals surface area contributed by atoms with Gasteiger partial charge in [-0.25, -0.2) is 0 Å². The maximum absolute atomic E-state index is 13.7. The Bertz CT molecular complexity index is 971. The predicted octanol–water partition coefficient (Wildman–Crippen LogP) is 3.24. The van der Waals surface area contributed by atoms with Gasteiger partial charge in [0.05, 0.1) is 24.7 Å². The lowest BCUT2D eigenvalue weighted by atomic mass is 9.75. The van der Waals surface area contributed by atoms with Crippen LogP contribution >= 0.6 is 0 Å². The fourth-order valence-electron chi connectivity index (χ4n) is 6.51. The molecule has 5 nitrogen and oxygen atoms in total. The maximum atomic E-state index is 13.7. The molecule has 0 aromatic heterocycles. The van der Waals surface area contributed by atoms with E-state index in [2.05, 4.69) is 31.2 Å². The molecule has 2 aromatic rings. The van der Waals surface area contributed by atoms with Crippen LogP contribution in [0.2, 0.25) is 0 Å². The summed E-state index contributed by atoms with van der Waals surface area (Å²) in [5.74, 6) is 1.00. The van der Waals surface area contributed by atoms with Crippen molar-refractivity contribution in [3.8, 4) is 5.75 Å². The summed E-state index contributed by atoms with van der Waals surface area (Å²) in [6, 6.07) is 16.0. The number of fused-ring (bicyclic) bond motifs is 2. The molecular formula is C24H25NO4. The van der Waals surface area contributed by atoms with Crippen molar-refractivity contribution >= 4 is 11.6 Å². The Balaban J connectivity index is 1.52. The number of hydrogen-bond acceptors (Lipinski definition) is 4. The topological polar surface area (TPSA) is 59.0 Å². The molecule has 5 heteroatoms. The normalized spacial score (nSPS) is 38.9. The molecular weight excluding hydrogens is 366 g/mol. The van der Waals surface area contributed by atoms with Crippen LogP contribution in [0.5, 0.6) is 5.75 Å². The number of carbonyl (C=O) groups is 1. The average molecular weight is 391 g/mol. The second kappa shape index (κ2) is 5.83. The Morgan fingerprint density at radius 3 is 2.55 bits per heavy atom. The molecule has 2 saturated carbocycles. The number of nitrogens with zero attached hydrogens (tertiary/aromatic N) is 1. The SMILES string of the molecule is CCOc1ccc(N2C(=O)C3C4CC5C(OC2(c2ccc(C)cc2)C53)C4O)cc1. The Morgan fingerprint density at radius 1 is 1.14 bits per heavy atom. The molecule has 1 amide bonds. The zero-order valence-electron chi connectivity index (χ0n) is 16.6. The fraction of sp³-hybridized carbons (Fsp3) is 0.458. The molecule has 7 unspecified atom stereocenters. The molecule has 2 heterocycles. The monoisotopic (exact) mass is 391 g/mol. The number of anilines is 1. The first kappa shape index (κ1) is 17.5. The van der Waals surface area contributed by atoms with Crippen molar-refractivity contribution in [3.05, 3.63) is 59.7 Å². The quantitative estimate of drug-likeness (QED) is 0.869. The molecule has 2 saturated heterocycles. The number of aryl methyl sites for hydroxylation is 1. The Labute approximate surface area is 170 Å². The van der Waals surface area contributed by atoms with E-state index in [0.29, 0.717) is 6.61 Å². The van der Waals surface area contributed by atoms with Gasteiger partial charge in [-0.2, -0.15) is 0 Å². The van der Waals surface area contributed by atoms with Gasteiger partial charge in [0.25, 0.3) is 0 Å². The molecule has 6 rings (SSSR count). The van der Waals surface area contributed by atoms with Crippen LogP contribution in [0.1, 0.15) is 24.5 Å². The van der Waals surface area contributed by atoms with E-state index in [1.165, 1.54) is 5.56 Å². The van der Waals surface area contributed by atoms with E-state index in [0.717, 1.165) is 23.4 Å². The van der Waals surface area contributed by atoms with Gasteiger partial charge in [-0.05, 0) is 56.4 Å². The van der Waals surface area contributed by atoms with E-state index in [9.17, 15) is 9.90 Å². The molecule has 4 aliphatic rings. The molecule has 0 radical (unpaired) electrons. The fourth-order valence-corrected chi connectivity index (χ4v) is 6.51. The first-order chi connectivity index (χ1) is 14.1. The molecule has 150 valence electrons. The third-order valence-corrected chi connectivity index (χ3v) is 7.53. The minimum Gasteiger partial charge on any atom is -0.494 e. The second-order valence-electron chi connectivity index (χ2n) is 8.85. The number of aliphatic hydroxyl groups is 1. The number of hydrogen-bond donors (Lipinski definition) is 1. The minimum atomic E-state index is -0.843. The third kappa shape index (κ3) is 2.05. The van der Waals surface area contributed by atoms with Gasteiger partial charge in [0.15, 0.2) is 5.72 Å². The van der Waals surface area contributed by atoms with Crippen LogP contribution in [-0.2, 0) is 15.3 Å². The van der Waals surface area contributed by atoms with Crippen LogP contribution in [0.4, 0.5) is 5.69 Å². The van der Waals surface area contributed by atoms with Crippen LogP contribution in [0.3, 0.4) is 0 Å². The zero-order valence-corrected chi connectivity index (χ0v) is 16.6. The van der Waals surface area contributed by atoms with Gasteiger partial charge in [-0.15, -0.1) is 0 Å². The largest absolute Gasteiger partial charge is 0.494 e. The van der Waals surface area contributed by atoms with Crippen molar-refractivity contribution < 1.29 is 19.4 Å². The number of amides is 1.